The van der Waals surface area contributed by atoms with E-state index in [0.29, 0.717) is 17.9 Å². The number of Topliss-reactive ketones (excluding diaryl/α,β-unsaturated/α-hetero) is 1. The number of carbonyl (C=O) groups is 4. The molecule has 2 saturated heterocycles. The standard InChI is InChI=1S/C38H48ClFN2O10/c1-10-20(2)13-24-14-28(34(39)29(15-24)49-9)42(7)32(44)18-31(51-33(45)17-26-12-11-25(22(4)43)16-27(26)40)37(6)35(52-37)21(3)30-19-38(47,23(5)48-8)41-36(46)50-30/h10-12,14-16,21,23,30-31,35,47H,13,17-19H2,1-9H3,(H,41,46)/b20-10+/t21-,23-,30+,31+,35+,37+,38+/m1/s1. The minimum absolute atomic E-state index is 0.00395. The molecule has 12 nitrogen and oxygen atoms in total. The highest BCUT2D eigenvalue weighted by Crippen LogP contribution is 2.49. The number of benzene rings is 2. The number of aliphatic hydroxyl groups is 1. The summed E-state index contributed by atoms with van der Waals surface area (Å²) in [6, 6.07) is 7.41. The van der Waals surface area contributed by atoms with Gasteiger partial charge in [-0.25, -0.2) is 9.18 Å². The minimum Gasteiger partial charge on any atom is -0.495 e. The number of nitrogens with one attached hydrogen (secondary N) is 1. The molecule has 2 aromatic rings. The highest BCUT2D eigenvalue weighted by molar-refractivity contribution is 6.35. The van der Waals surface area contributed by atoms with Crippen molar-refractivity contribution < 1.29 is 52.4 Å². The average Bonchev–Trinajstić information content (AvgIpc) is 3.79. The van der Waals surface area contributed by atoms with Crippen molar-refractivity contribution in [1.82, 2.24) is 5.32 Å². The van der Waals surface area contributed by atoms with Crippen LogP contribution >= 0.6 is 11.6 Å². The van der Waals surface area contributed by atoms with E-state index in [-0.39, 0.29) is 34.8 Å². The lowest BCUT2D eigenvalue weighted by atomic mass is 9.84. The Kier molecular flexibility index (Phi) is 12.8. The molecule has 4 rings (SSSR count). The predicted molar refractivity (Wildman–Crippen MR) is 191 cm³/mol. The summed E-state index contributed by atoms with van der Waals surface area (Å²) < 4.78 is 43.3. The molecule has 0 spiro atoms. The maximum atomic E-state index is 14.9. The zero-order chi connectivity index (χ0) is 38.7. The molecule has 2 amide bonds. The van der Waals surface area contributed by atoms with Crippen LogP contribution in [0.2, 0.25) is 5.02 Å². The second-order valence-corrected chi connectivity index (χ2v) is 14.2. The lowest BCUT2D eigenvalue weighted by Crippen LogP contribution is -2.63. The molecule has 2 fully saturated rings. The molecular formula is C38H48ClFN2O10. The summed E-state index contributed by atoms with van der Waals surface area (Å²) in [6.07, 6.45) is -2.62. The fourth-order valence-corrected chi connectivity index (χ4v) is 6.75. The molecule has 2 aromatic carbocycles. The number of cyclic esters (lactones) is 1. The molecule has 0 aromatic heterocycles. The molecule has 2 N–H and O–H groups in total. The molecule has 14 heteroatoms. The SMILES string of the molecule is C/C=C(\C)Cc1cc(OC)c(Cl)c(N(C)C(=O)C[C@H](OC(=O)Cc2ccc(C(C)=O)cc2F)[C@]2(C)O[C@H]2[C@H](C)[C@@H]2C[C@](O)([C@@H](C)OC)NC(=O)O2)c1. The number of esters is 1. The molecule has 2 heterocycles. The lowest BCUT2D eigenvalue weighted by Gasteiger charge is -2.41. The van der Waals surface area contributed by atoms with Gasteiger partial charge in [0.05, 0.1) is 31.7 Å². The number of carbonyl (C=O) groups excluding carboxylic acids is 4. The van der Waals surface area contributed by atoms with Crippen LogP contribution in [0.15, 0.2) is 42.0 Å². The van der Waals surface area contributed by atoms with Gasteiger partial charge in [0.15, 0.2) is 11.5 Å². The normalized spacial score (nSPS) is 24.5. The van der Waals surface area contributed by atoms with Crippen molar-refractivity contribution in [2.24, 2.45) is 5.92 Å². The van der Waals surface area contributed by atoms with Crippen molar-refractivity contribution in [3.05, 3.63) is 69.5 Å². The van der Waals surface area contributed by atoms with Crippen molar-refractivity contribution in [2.75, 3.05) is 26.2 Å². The number of hydrogen-bond donors (Lipinski definition) is 2. The van der Waals surface area contributed by atoms with Gasteiger partial charge in [-0.3, -0.25) is 19.7 Å². The monoisotopic (exact) mass is 746 g/mol. The Bertz CT molecular complexity index is 1740. The number of alkyl carbamates (subject to hydrolysis) is 1. The zero-order valence-corrected chi connectivity index (χ0v) is 31.8. The number of ether oxygens (including phenoxy) is 5. The van der Waals surface area contributed by atoms with Crippen LogP contribution in [0, 0.1) is 11.7 Å². The van der Waals surface area contributed by atoms with E-state index in [1.54, 1.807) is 40.0 Å². The molecule has 0 saturated carbocycles. The molecule has 0 radical (unpaired) electrons. The van der Waals surface area contributed by atoms with Crippen LogP contribution in [0.4, 0.5) is 14.9 Å². The Morgan fingerprint density at radius 2 is 1.87 bits per heavy atom. The van der Waals surface area contributed by atoms with E-state index in [2.05, 4.69) is 5.32 Å². The molecule has 2 aliphatic rings. The van der Waals surface area contributed by atoms with Gasteiger partial charge in [0.2, 0.25) is 5.91 Å². The largest absolute Gasteiger partial charge is 0.495 e. The molecule has 7 atom stereocenters. The quantitative estimate of drug-likeness (QED) is 0.100. The molecule has 2 aliphatic heterocycles. The van der Waals surface area contributed by atoms with Crippen molar-refractivity contribution in [1.29, 1.82) is 0 Å². The van der Waals surface area contributed by atoms with Gasteiger partial charge in [-0.1, -0.05) is 42.3 Å². The smallest absolute Gasteiger partial charge is 0.409 e. The maximum absolute atomic E-state index is 14.9. The van der Waals surface area contributed by atoms with Gasteiger partial charge in [0.1, 0.15) is 40.5 Å². The van der Waals surface area contributed by atoms with E-state index >= 15 is 0 Å². The topological polar surface area (TPSA) is 153 Å². The second-order valence-electron chi connectivity index (χ2n) is 13.8. The number of nitrogens with zero attached hydrogens (tertiary/aromatic N) is 1. The third-order valence-electron chi connectivity index (χ3n) is 10.1. The van der Waals surface area contributed by atoms with Gasteiger partial charge in [-0.15, -0.1) is 0 Å². The van der Waals surface area contributed by atoms with Gasteiger partial charge >= 0.3 is 12.1 Å². The summed E-state index contributed by atoms with van der Waals surface area (Å²) in [7, 11) is 4.43. The molecule has 0 bridgehead atoms. The van der Waals surface area contributed by atoms with Crippen LogP contribution < -0.4 is 15.0 Å². The van der Waals surface area contributed by atoms with Crippen LogP contribution in [-0.2, 0) is 41.4 Å². The number of methoxy groups -OCH3 is 2. The first kappa shape index (κ1) is 40.7. The Morgan fingerprint density at radius 1 is 1.17 bits per heavy atom. The van der Waals surface area contributed by atoms with E-state index in [9.17, 15) is 28.7 Å². The van der Waals surface area contributed by atoms with Gasteiger partial charge < -0.3 is 33.7 Å². The molecule has 284 valence electrons. The van der Waals surface area contributed by atoms with Crippen LogP contribution in [-0.4, -0.2) is 85.9 Å². The third kappa shape index (κ3) is 8.94. The minimum atomic E-state index is -1.72. The predicted octanol–water partition coefficient (Wildman–Crippen LogP) is 5.72. The van der Waals surface area contributed by atoms with Crippen molar-refractivity contribution in [3.8, 4) is 5.75 Å². The highest BCUT2D eigenvalue weighted by Gasteiger charge is 2.64. The van der Waals surface area contributed by atoms with Gasteiger partial charge in [-0.05, 0) is 70.4 Å². The summed E-state index contributed by atoms with van der Waals surface area (Å²) in [5.74, 6) is -2.55. The van der Waals surface area contributed by atoms with Crippen molar-refractivity contribution in [2.45, 2.75) is 103 Å². The van der Waals surface area contributed by atoms with Crippen molar-refractivity contribution >= 4 is 41.0 Å². The zero-order valence-electron chi connectivity index (χ0n) is 31.0. The first-order chi connectivity index (χ1) is 24.4. The fourth-order valence-electron chi connectivity index (χ4n) is 6.44. The van der Waals surface area contributed by atoms with Crippen LogP contribution in [0.3, 0.4) is 0 Å². The van der Waals surface area contributed by atoms with E-state index in [1.165, 1.54) is 38.2 Å². The Morgan fingerprint density at radius 3 is 2.46 bits per heavy atom. The number of ketones is 1. The third-order valence-corrected chi connectivity index (χ3v) is 10.5. The summed E-state index contributed by atoms with van der Waals surface area (Å²) in [4.78, 5) is 53.0. The first-order valence-corrected chi connectivity index (χ1v) is 17.4. The van der Waals surface area contributed by atoms with Gasteiger partial charge in [0.25, 0.3) is 0 Å². The summed E-state index contributed by atoms with van der Waals surface area (Å²) in [6.45, 7) is 10.3. The number of rotatable bonds is 15. The number of allylic oxidation sites excluding steroid dienone is 2. The van der Waals surface area contributed by atoms with E-state index in [1.807, 2.05) is 19.9 Å². The van der Waals surface area contributed by atoms with E-state index < -0.39 is 71.9 Å². The maximum Gasteiger partial charge on any atom is 0.409 e. The number of amides is 2. The number of epoxide rings is 1. The number of halogens is 2. The van der Waals surface area contributed by atoms with Crippen molar-refractivity contribution in [3.63, 3.8) is 0 Å². The van der Waals surface area contributed by atoms with Crippen LogP contribution in [0.1, 0.15) is 75.9 Å². The van der Waals surface area contributed by atoms with Gasteiger partial charge in [0, 0.05) is 32.1 Å². The summed E-state index contributed by atoms with van der Waals surface area (Å²) in [5.41, 5.74) is -0.484. The van der Waals surface area contributed by atoms with Crippen LogP contribution in [0.25, 0.3) is 0 Å². The van der Waals surface area contributed by atoms with E-state index in [0.717, 1.165) is 17.2 Å². The Labute approximate surface area is 308 Å². The lowest BCUT2D eigenvalue weighted by molar-refractivity contribution is -0.153. The Hall–Kier alpha value is -4.04. The van der Waals surface area contributed by atoms with E-state index in [4.69, 9.17) is 35.3 Å². The molecule has 0 unspecified atom stereocenters. The Balaban J connectivity index is 1.62. The second kappa shape index (κ2) is 16.3. The number of anilines is 1. The molecular weight excluding hydrogens is 699 g/mol. The first-order valence-electron chi connectivity index (χ1n) is 17.0. The summed E-state index contributed by atoms with van der Waals surface area (Å²) in [5, 5.41) is 13.8. The molecule has 52 heavy (non-hydrogen) atoms. The summed E-state index contributed by atoms with van der Waals surface area (Å²) >= 11 is 6.69. The molecule has 0 aliphatic carbocycles. The van der Waals surface area contributed by atoms with Crippen LogP contribution in [0.5, 0.6) is 5.75 Å². The highest BCUT2D eigenvalue weighted by atomic mass is 35.5. The fraction of sp³-hybridized carbons (Fsp3) is 0.526. The van der Waals surface area contributed by atoms with Gasteiger partial charge in [-0.2, -0.15) is 0 Å². The average molecular weight is 747 g/mol. The number of hydrogen-bond acceptors (Lipinski definition) is 10.